The zero-order valence-electron chi connectivity index (χ0n) is 15.5. The Morgan fingerprint density at radius 2 is 1.96 bits per heavy atom. The van der Waals surface area contributed by atoms with Gasteiger partial charge >= 0.3 is 0 Å². The molecule has 1 aliphatic heterocycles. The van der Waals surface area contributed by atoms with Gasteiger partial charge in [-0.25, -0.2) is 0 Å². The topological polar surface area (TPSA) is 41.3 Å². The molecule has 1 N–H and O–H groups in total. The van der Waals surface area contributed by atoms with Crippen molar-refractivity contribution in [2.75, 3.05) is 26.2 Å². The fraction of sp³-hybridized carbons (Fsp3) is 0.409. The number of benzene rings is 1. The van der Waals surface area contributed by atoms with Gasteiger partial charge in [0.15, 0.2) is 0 Å². The highest BCUT2D eigenvalue weighted by Gasteiger charge is 2.24. The highest BCUT2D eigenvalue weighted by molar-refractivity contribution is 6.22. The molecule has 0 bridgehead atoms. The number of rotatable bonds is 5. The minimum Gasteiger partial charge on any atom is -0.395 e. The predicted molar refractivity (Wildman–Crippen MR) is 110 cm³/mol. The van der Waals surface area contributed by atoms with Crippen molar-refractivity contribution in [1.29, 1.82) is 0 Å². The first-order valence-corrected chi connectivity index (χ1v) is 10.2. The predicted octanol–water partition coefficient (Wildman–Crippen LogP) is 3.28. The zero-order valence-corrected chi connectivity index (χ0v) is 16.3. The van der Waals surface area contributed by atoms with Gasteiger partial charge in [-0.2, -0.15) is 5.10 Å². The second-order valence-electron chi connectivity index (χ2n) is 7.25. The molecule has 4 rings (SSSR count). The van der Waals surface area contributed by atoms with Crippen LogP contribution in [0.4, 0.5) is 0 Å². The molecular formula is C22H26ClN3O. The van der Waals surface area contributed by atoms with E-state index in [-0.39, 0.29) is 12.0 Å². The minimum atomic E-state index is 0.0822. The van der Waals surface area contributed by atoms with E-state index < -0.39 is 0 Å². The Bertz CT molecular complexity index is 841. The highest BCUT2D eigenvalue weighted by atomic mass is 35.5. The molecule has 2 aliphatic rings. The molecule has 0 spiro atoms. The number of fused-ring (bicyclic) bond motifs is 1. The van der Waals surface area contributed by atoms with Crippen LogP contribution in [-0.4, -0.2) is 51.4 Å². The maximum Gasteiger partial charge on any atom is 0.0955 e. The number of hydrogen-bond acceptors (Lipinski definition) is 3. The van der Waals surface area contributed by atoms with E-state index in [0.717, 1.165) is 51.1 Å². The Morgan fingerprint density at radius 1 is 1.15 bits per heavy atom. The van der Waals surface area contributed by atoms with E-state index in [2.05, 4.69) is 52.1 Å². The summed E-state index contributed by atoms with van der Waals surface area (Å²) >= 11 is 6.22. The van der Waals surface area contributed by atoms with Gasteiger partial charge in [-0.05, 0) is 24.0 Å². The summed E-state index contributed by atoms with van der Waals surface area (Å²) in [5, 5.41) is 14.4. The van der Waals surface area contributed by atoms with Gasteiger partial charge in [0.05, 0.1) is 24.2 Å². The summed E-state index contributed by atoms with van der Waals surface area (Å²) in [5.74, 6) is 0. The number of hydrogen-bond donors (Lipinski definition) is 1. The Labute approximate surface area is 165 Å². The van der Waals surface area contributed by atoms with E-state index in [9.17, 15) is 5.11 Å². The van der Waals surface area contributed by atoms with E-state index in [4.69, 9.17) is 16.7 Å². The van der Waals surface area contributed by atoms with Crippen molar-refractivity contribution in [2.45, 2.75) is 31.2 Å². The van der Waals surface area contributed by atoms with Gasteiger partial charge in [-0.3, -0.25) is 4.68 Å². The van der Waals surface area contributed by atoms with E-state index >= 15 is 0 Å². The lowest BCUT2D eigenvalue weighted by atomic mass is 9.98. The SMILES string of the molecule is OCCN1CCc2c(C3=CCC(Cl)C=C3)nn(Cc3ccccc3)c2CC1. The number of nitrogens with zero attached hydrogens (tertiary/aromatic N) is 3. The molecule has 27 heavy (non-hydrogen) atoms. The summed E-state index contributed by atoms with van der Waals surface area (Å²) in [4.78, 5) is 2.34. The molecule has 0 saturated carbocycles. The van der Waals surface area contributed by atoms with Gasteiger partial charge < -0.3 is 10.0 Å². The van der Waals surface area contributed by atoms with Gasteiger partial charge in [0.2, 0.25) is 0 Å². The van der Waals surface area contributed by atoms with Crippen LogP contribution in [0, 0.1) is 0 Å². The normalized spacial score (nSPS) is 20.2. The van der Waals surface area contributed by atoms with Crippen LogP contribution in [0.1, 0.15) is 28.9 Å². The van der Waals surface area contributed by atoms with Gasteiger partial charge in [0, 0.05) is 37.3 Å². The second kappa shape index (κ2) is 8.42. The maximum atomic E-state index is 9.32. The highest BCUT2D eigenvalue weighted by Crippen LogP contribution is 2.30. The summed E-state index contributed by atoms with van der Waals surface area (Å²) in [6, 6.07) is 10.5. The van der Waals surface area contributed by atoms with Gasteiger partial charge in [0.25, 0.3) is 0 Å². The Morgan fingerprint density at radius 3 is 2.70 bits per heavy atom. The molecule has 5 heteroatoms. The van der Waals surface area contributed by atoms with Gasteiger partial charge in [-0.1, -0.05) is 48.6 Å². The molecule has 2 heterocycles. The minimum absolute atomic E-state index is 0.0822. The first-order chi connectivity index (χ1) is 13.2. The number of halogens is 1. The van der Waals surface area contributed by atoms with E-state index in [0.29, 0.717) is 0 Å². The van der Waals surface area contributed by atoms with Crippen molar-refractivity contribution < 1.29 is 5.11 Å². The quantitative estimate of drug-likeness (QED) is 0.805. The number of β-amino-alcohol motifs (C(OH)–C–C–N with tert-alkyl or cyclic N) is 1. The number of allylic oxidation sites excluding steroid dienone is 4. The van der Waals surface area contributed by atoms with Crippen molar-refractivity contribution in [3.63, 3.8) is 0 Å². The van der Waals surface area contributed by atoms with E-state index in [1.54, 1.807) is 0 Å². The number of aliphatic hydroxyl groups is 1. The molecule has 1 aromatic carbocycles. The third-order valence-corrected chi connectivity index (χ3v) is 5.75. The second-order valence-corrected chi connectivity index (χ2v) is 7.81. The van der Waals surface area contributed by atoms with E-state index in [1.165, 1.54) is 22.4 Å². The van der Waals surface area contributed by atoms with E-state index in [1.807, 2.05) is 6.07 Å². The van der Waals surface area contributed by atoms with Crippen LogP contribution in [0.2, 0.25) is 0 Å². The Kier molecular flexibility index (Phi) is 5.77. The summed E-state index contributed by atoms with van der Waals surface area (Å²) in [7, 11) is 0. The molecule has 1 unspecified atom stereocenters. The van der Waals surface area contributed by atoms with Crippen molar-refractivity contribution in [3.8, 4) is 0 Å². The molecule has 0 radical (unpaired) electrons. The first-order valence-electron chi connectivity index (χ1n) is 9.73. The van der Waals surface area contributed by atoms with Crippen LogP contribution in [-0.2, 0) is 19.4 Å². The summed E-state index contributed by atoms with van der Waals surface area (Å²) < 4.78 is 2.18. The average Bonchev–Trinajstić information content (AvgIpc) is 2.88. The summed E-state index contributed by atoms with van der Waals surface area (Å²) in [6.07, 6.45) is 9.17. The molecule has 0 fully saturated rings. The fourth-order valence-corrected chi connectivity index (χ4v) is 4.14. The molecule has 0 saturated heterocycles. The van der Waals surface area contributed by atoms with Crippen LogP contribution in [0.3, 0.4) is 0 Å². The molecule has 4 nitrogen and oxygen atoms in total. The van der Waals surface area contributed by atoms with Crippen LogP contribution < -0.4 is 0 Å². The lowest BCUT2D eigenvalue weighted by molar-refractivity contribution is 0.201. The van der Waals surface area contributed by atoms with Crippen molar-refractivity contribution in [3.05, 3.63) is 71.1 Å². The van der Waals surface area contributed by atoms with Crippen molar-refractivity contribution >= 4 is 17.2 Å². The van der Waals surface area contributed by atoms with Gasteiger partial charge in [0.1, 0.15) is 0 Å². The van der Waals surface area contributed by atoms with Gasteiger partial charge in [-0.15, -0.1) is 11.6 Å². The van der Waals surface area contributed by atoms with Crippen LogP contribution in [0.5, 0.6) is 0 Å². The van der Waals surface area contributed by atoms with Crippen LogP contribution in [0.15, 0.2) is 48.6 Å². The number of aromatic nitrogens is 2. The van der Waals surface area contributed by atoms with Crippen LogP contribution >= 0.6 is 11.6 Å². The third-order valence-electron chi connectivity index (χ3n) is 5.42. The number of alkyl halides is 1. The third kappa shape index (κ3) is 4.18. The smallest absolute Gasteiger partial charge is 0.0955 e. The monoisotopic (exact) mass is 383 g/mol. The first kappa shape index (κ1) is 18.5. The summed E-state index contributed by atoms with van der Waals surface area (Å²) in [6.45, 7) is 3.67. The Balaban J connectivity index is 1.69. The lowest BCUT2D eigenvalue weighted by Gasteiger charge is -2.18. The molecule has 1 atom stereocenters. The fourth-order valence-electron chi connectivity index (χ4n) is 3.98. The molecule has 142 valence electrons. The molecule has 1 aliphatic carbocycles. The molecule has 2 aromatic rings. The lowest BCUT2D eigenvalue weighted by Crippen LogP contribution is -2.29. The van der Waals surface area contributed by atoms with Crippen molar-refractivity contribution in [1.82, 2.24) is 14.7 Å². The molecule has 1 aromatic heterocycles. The average molecular weight is 384 g/mol. The zero-order chi connectivity index (χ0) is 18.6. The standard InChI is InChI=1S/C22H26ClN3O/c23-19-8-6-18(7-9-19)22-20-10-12-25(14-15-27)13-11-21(20)26(24-22)16-17-4-2-1-3-5-17/h1-8,19,27H,9-16H2. The van der Waals surface area contributed by atoms with Crippen LogP contribution in [0.25, 0.3) is 5.57 Å². The maximum absolute atomic E-state index is 9.32. The number of aliphatic hydroxyl groups excluding tert-OH is 1. The van der Waals surface area contributed by atoms with Crippen molar-refractivity contribution in [2.24, 2.45) is 0 Å². The largest absolute Gasteiger partial charge is 0.395 e. The molecule has 0 amide bonds. The summed E-state index contributed by atoms with van der Waals surface area (Å²) in [5.41, 5.74) is 6.24. The molecular weight excluding hydrogens is 358 g/mol. The Hall–Kier alpha value is -1.88.